The number of carbonyl (C=O) groups is 1. The normalized spacial score (nSPS) is 16.6. The Labute approximate surface area is 113 Å². The lowest BCUT2D eigenvalue weighted by Gasteiger charge is -2.31. The van der Waals surface area contributed by atoms with Crippen LogP contribution in [0.2, 0.25) is 5.02 Å². The summed E-state index contributed by atoms with van der Waals surface area (Å²) in [7, 11) is 0. The predicted octanol–water partition coefficient (Wildman–Crippen LogP) is 0.867. The Hall–Kier alpha value is -1.32. The highest BCUT2D eigenvalue weighted by molar-refractivity contribution is 6.33. The van der Waals surface area contributed by atoms with Crippen molar-refractivity contribution in [1.82, 2.24) is 4.90 Å². The van der Waals surface area contributed by atoms with Gasteiger partial charge in [-0.15, -0.1) is 0 Å². The molecule has 0 saturated carbocycles. The molecule has 1 aromatic rings. The maximum absolute atomic E-state index is 12.3. The molecule has 0 bridgehead atoms. The van der Waals surface area contributed by atoms with Gasteiger partial charge in [-0.05, 0) is 18.2 Å². The molecule has 0 radical (unpaired) electrons. The minimum atomic E-state index is 0.0400. The summed E-state index contributed by atoms with van der Waals surface area (Å²) in [4.78, 5) is 15.7. The van der Waals surface area contributed by atoms with Crippen molar-refractivity contribution in [3.8, 4) is 0 Å². The van der Waals surface area contributed by atoms with E-state index in [9.17, 15) is 4.79 Å². The Kier molecular flexibility index (Phi) is 4.39. The van der Waals surface area contributed by atoms with Crippen LogP contribution in [0.25, 0.3) is 0 Å². The molecule has 0 aromatic heterocycles. The minimum absolute atomic E-state index is 0.0400. The van der Waals surface area contributed by atoms with Crippen molar-refractivity contribution in [2.75, 3.05) is 32.7 Å². The number of carbonyl (C=O) groups excluding carboxylic acids is 1. The lowest BCUT2D eigenvalue weighted by atomic mass is 10.2. The Bertz CT molecular complexity index is 439. The van der Waals surface area contributed by atoms with Crippen LogP contribution >= 0.6 is 11.6 Å². The fourth-order valence-corrected chi connectivity index (χ4v) is 2.46. The second kappa shape index (κ2) is 6.03. The zero-order valence-corrected chi connectivity index (χ0v) is 11.1. The first-order chi connectivity index (χ1) is 8.72. The highest BCUT2D eigenvalue weighted by Crippen LogP contribution is 2.16. The molecule has 96 valence electrons. The van der Waals surface area contributed by atoms with Crippen LogP contribution in [0.5, 0.6) is 0 Å². The number of amides is 1. The van der Waals surface area contributed by atoms with Crippen LogP contribution in [0, 0.1) is 0 Å². The number of rotatable bonds is 3. The quantitative estimate of drug-likeness (QED) is 0.806. The predicted molar refractivity (Wildman–Crippen MR) is 73.1 cm³/mol. The van der Waals surface area contributed by atoms with Gasteiger partial charge in [0.05, 0.1) is 43.3 Å². The summed E-state index contributed by atoms with van der Waals surface area (Å²) >= 11 is 6.05. The van der Waals surface area contributed by atoms with Crippen molar-refractivity contribution in [3.63, 3.8) is 0 Å². The Morgan fingerprint density at radius 1 is 1.39 bits per heavy atom. The van der Waals surface area contributed by atoms with Crippen molar-refractivity contribution in [1.29, 1.82) is 0 Å². The van der Waals surface area contributed by atoms with Gasteiger partial charge in [-0.2, -0.15) is 0 Å². The molecule has 1 aliphatic heterocycles. The Morgan fingerprint density at radius 3 is 2.67 bits per heavy atom. The van der Waals surface area contributed by atoms with Crippen LogP contribution in [-0.2, 0) is 0 Å². The summed E-state index contributed by atoms with van der Waals surface area (Å²) in [6.07, 6.45) is 1.93. The fraction of sp³-hybridized carbons (Fsp3) is 0.357. The van der Waals surface area contributed by atoms with Gasteiger partial charge in [-0.3, -0.25) is 4.79 Å². The topological polar surface area (TPSA) is 24.8 Å². The highest BCUT2D eigenvalue weighted by Gasteiger charge is 2.24. The maximum Gasteiger partial charge on any atom is 0.255 e. The highest BCUT2D eigenvalue weighted by atomic mass is 35.5. The van der Waals surface area contributed by atoms with E-state index >= 15 is 0 Å². The molecule has 1 N–H and O–H groups in total. The number of nitrogens with zero attached hydrogens (tertiary/aromatic N) is 1. The molecule has 1 saturated heterocycles. The molecular weight excluding hydrogens is 248 g/mol. The summed E-state index contributed by atoms with van der Waals surface area (Å²) in [6.45, 7) is 8.23. The van der Waals surface area contributed by atoms with Gasteiger partial charge in [0, 0.05) is 0 Å². The van der Waals surface area contributed by atoms with Crippen molar-refractivity contribution in [2.45, 2.75) is 0 Å². The monoisotopic (exact) mass is 265 g/mol. The van der Waals surface area contributed by atoms with E-state index in [0.717, 1.165) is 32.7 Å². The Morgan fingerprint density at radius 2 is 2.06 bits per heavy atom. The molecule has 0 aliphatic carbocycles. The van der Waals surface area contributed by atoms with Crippen LogP contribution < -0.4 is 4.90 Å². The van der Waals surface area contributed by atoms with Crippen LogP contribution in [0.3, 0.4) is 0 Å². The number of piperazine rings is 1. The molecule has 1 fully saturated rings. The number of nitrogens with one attached hydrogen (secondary N) is 1. The van der Waals surface area contributed by atoms with Gasteiger partial charge < -0.3 is 9.80 Å². The molecule has 1 heterocycles. The third-order valence-corrected chi connectivity index (χ3v) is 3.62. The van der Waals surface area contributed by atoms with Crippen LogP contribution in [0.15, 0.2) is 36.9 Å². The molecule has 0 atom stereocenters. The van der Waals surface area contributed by atoms with E-state index in [0.29, 0.717) is 10.6 Å². The number of quaternary nitrogens is 1. The molecule has 3 nitrogen and oxygen atoms in total. The van der Waals surface area contributed by atoms with E-state index in [4.69, 9.17) is 11.6 Å². The molecule has 4 heteroatoms. The van der Waals surface area contributed by atoms with E-state index < -0.39 is 0 Å². The Balaban J connectivity index is 2.00. The molecule has 1 amide bonds. The number of benzene rings is 1. The van der Waals surface area contributed by atoms with Crippen molar-refractivity contribution >= 4 is 17.5 Å². The molecule has 18 heavy (non-hydrogen) atoms. The van der Waals surface area contributed by atoms with Crippen LogP contribution in [0.4, 0.5) is 0 Å². The first-order valence-corrected chi connectivity index (χ1v) is 6.58. The summed E-state index contributed by atoms with van der Waals surface area (Å²) in [5.41, 5.74) is 0.603. The maximum atomic E-state index is 12.3. The van der Waals surface area contributed by atoms with Gasteiger partial charge in [0.2, 0.25) is 0 Å². The second-order valence-electron chi connectivity index (χ2n) is 4.51. The van der Waals surface area contributed by atoms with Gasteiger partial charge in [-0.25, -0.2) is 0 Å². The largest absolute Gasteiger partial charge is 0.329 e. The average molecular weight is 266 g/mol. The lowest BCUT2D eigenvalue weighted by Crippen LogP contribution is -3.14. The first-order valence-electron chi connectivity index (χ1n) is 6.20. The SMILES string of the molecule is C=CC[NH+]1CCN(C(=O)c2ccccc2Cl)CC1. The second-order valence-corrected chi connectivity index (χ2v) is 4.92. The zero-order chi connectivity index (χ0) is 13.0. The summed E-state index contributed by atoms with van der Waals surface area (Å²) < 4.78 is 0. The van der Waals surface area contributed by atoms with Crippen molar-refractivity contribution in [2.24, 2.45) is 0 Å². The van der Waals surface area contributed by atoms with E-state index in [2.05, 4.69) is 6.58 Å². The molecule has 1 aliphatic rings. The molecule has 0 unspecified atom stereocenters. The third-order valence-electron chi connectivity index (χ3n) is 3.30. The first kappa shape index (κ1) is 13.1. The van der Waals surface area contributed by atoms with Crippen LogP contribution in [0.1, 0.15) is 10.4 Å². The molecule has 2 rings (SSSR count). The number of hydrogen-bond acceptors (Lipinski definition) is 1. The van der Waals surface area contributed by atoms with E-state index in [1.54, 1.807) is 12.1 Å². The lowest BCUT2D eigenvalue weighted by molar-refractivity contribution is -0.898. The van der Waals surface area contributed by atoms with E-state index in [-0.39, 0.29) is 5.91 Å². The fourth-order valence-electron chi connectivity index (χ4n) is 2.24. The van der Waals surface area contributed by atoms with Gasteiger partial charge in [-0.1, -0.05) is 30.3 Å². The van der Waals surface area contributed by atoms with Gasteiger partial charge in [0.1, 0.15) is 0 Å². The molecule has 0 spiro atoms. The van der Waals surface area contributed by atoms with Gasteiger partial charge >= 0.3 is 0 Å². The van der Waals surface area contributed by atoms with Gasteiger partial charge in [0.15, 0.2) is 0 Å². The van der Waals surface area contributed by atoms with Gasteiger partial charge in [0.25, 0.3) is 5.91 Å². The smallest absolute Gasteiger partial charge is 0.255 e. The molecule has 1 aromatic carbocycles. The number of halogens is 1. The van der Waals surface area contributed by atoms with E-state index in [1.807, 2.05) is 23.1 Å². The molecular formula is C14H18ClN2O+. The minimum Gasteiger partial charge on any atom is -0.329 e. The zero-order valence-electron chi connectivity index (χ0n) is 10.4. The van der Waals surface area contributed by atoms with Crippen molar-refractivity contribution in [3.05, 3.63) is 47.5 Å². The van der Waals surface area contributed by atoms with E-state index in [1.165, 1.54) is 4.90 Å². The average Bonchev–Trinajstić information content (AvgIpc) is 2.40. The van der Waals surface area contributed by atoms with Crippen molar-refractivity contribution < 1.29 is 9.69 Å². The number of hydrogen-bond donors (Lipinski definition) is 1. The summed E-state index contributed by atoms with van der Waals surface area (Å²) in [5, 5.41) is 0.531. The summed E-state index contributed by atoms with van der Waals surface area (Å²) in [6, 6.07) is 7.23. The summed E-state index contributed by atoms with van der Waals surface area (Å²) in [5.74, 6) is 0.0400. The standard InChI is InChI=1S/C14H17ClN2O/c1-2-7-16-8-10-17(11-9-16)14(18)12-5-3-4-6-13(12)15/h2-6H,1,7-11H2/p+1. The third kappa shape index (κ3) is 2.92. The van der Waals surface area contributed by atoms with Crippen LogP contribution in [-0.4, -0.2) is 43.5 Å².